The van der Waals surface area contributed by atoms with Gasteiger partial charge in [-0.1, -0.05) is 19.9 Å². The average molecular weight is 444 g/mol. The highest BCUT2D eigenvalue weighted by Crippen LogP contribution is 2.47. The maximum absolute atomic E-state index is 12.9. The Bertz CT molecular complexity index is 1220. The summed E-state index contributed by atoms with van der Waals surface area (Å²) >= 11 is 0. The lowest BCUT2D eigenvalue weighted by Crippen LogP contribution is -2.32. The molecule has 0 bridgehead atoms. The first kappa shape index (κ1) is 21.3. The van der Waals surface area contributed by atoms with Crippen LogP contribution in [0, 0.1) is 12.8 Å². The van der Waals surface area contributed by atoms with Crippen LogP contribution in [0.15, 0.2) is 36.9 Å². The van der Waals surface area contributed by atoms with Crippen molar-refractivity contribution in [2.45, 2.75) is 52.6 Å². The van der Waals surface area contributed by atoms with E-state index < -0.39 is 5.41 Å². The zero-order valence-corrected chi connectivity index (χ0v) is 19.7. The second-order valence-corrected chi connectivity index (χ2v) is 9.46. The zero-order chi connectivity index (χ0) is 23.3. The van der Waals surface area contributed by atoms with Gasteiger partial charge in [-0.15, -0.1) is 0 Å². The fourth-order valence-corrected chi connectivity index (χ4v) is 5.08. The van der Waals surface area contributed by atoms with Crippen LogP contribution in [0.1, 0.15) is 57.2 Å². The van der Waals surface area contributed by atoms with Gasteiger partial charge in [0.25, 0.3) is 0 Å². The summed E-state index contributed by atoms with van der Waals surface area (Å²) in [5.41, 5.74) is 4.99. The van der Waals surface area contributed by atoms with E-state index in [1.165, 1.54) is 0 Å². The van der Waals surface area contributed by atoms with E-state index in [1.54, 1.807) is 6.33 Å². The second-order valence-electron chi connectivity index (χ2n) is 9.46. The number of carbonyl (C=O) groups excluding carboxylic acids is 1. The van der Waals surface area contributed by atoms with Crippen molar-refractivity contribution in [3.05, 3.63) is 53.9 Å². The van der Waals surface area contributed by atoms with Crippen LogP contribution >= 0.6 is 0 Å². The standard InChI is InChI=1S/C25H29N7O/c1-6-32-22(17-11-26-15(4)27-12-17)31-21-20(28-13-29-23(21)32)16-7-8-19-18(9-16)25(5,10-14(2)3)24(33)30-19/h7-9,11-14,22,31H,6,10H2,1-5H3,(H,30,33). The molecule has 2 atom stereocenters. The minimum Gasteiger partial charge on any atom is -0.357 e. The first-order valence-corrected chi connectivity index (χ1v) is 11.4. The molecule has 8 heteroatoms. The van der Waals surface area contributed by atoms with Gasteiger partial charge in [-0.2, -0.15) is 0 Å². The summed E-state index contributed by atoms with van der Waals surface area (Å²) in [4.78, 5) is 33.0. The van der Waals surface area contributed by atoms with Crippen molar-refractivity contribution in [2.75, 3.05) is 22.1 Å². The summed E-state index contributed by atoms with van der Waals surface area (Å²) in [5, 5.41) is 6.67. The number of amides is 1. The SMILES string of the molecule is CCN1c2ncnc(-c3ccc4c(c3)C(C)(CC(C)C)C(=O)N4)c2NC1c1cnc(C)nc1. The number of fused-ring (bicyclic) bond motifs is 2. The van der Waals surface area contributed by atoms with Crippen molar-refractivity contribution in [3.8, 4) is 11.3 Å². The first-order valence-electron chi connectivity index (χ1n) is 11.4. The predicted octanol–water partition coefficient (Wildman–Crippen LogP) is 4.45. The van der Waals surface area contributed by atoms with E-state index in [1.807, 2.05) is 38.4 Å². The quantitative estimate of drug-likeness (QED) is 0.601. The van der Waals surface area contributed by atoms with Gasteiger partial charge < -0.3 is 15.5 Å². The summed E-state index contributed by atoms with van der Waals surface area (Å²) in [7, 11) is 0. The van der Waals surface area contributed by atoms with Gasteiger partial charge in [0, 0.05) is 35.8 Å². The Kier molecular flexibility index (Phi) is 5.03. The Labute approximate surface area is 193 Å². The van der Waals surface area contributed by atoms with Gasteiger partial charge >= 0.3 is 0 Å². The largest absolute Gasteiger partial charge is 0.357 e. The number of hydrogen-bond acceptors (Lipinski definition) is 7. The summed E-state index contributed by atoms with van der Waals surface area (Å²) in [6, 6.07) is 6.11. The van der Waals surface area contributed by atoms with E-state index in [9.17, 15) is 4.79 Å². The lowest BCUT2D eigenvalue weighted by Gasteiger charge is -2.24. The maximum Gasteiger partial charge on any atom is 0.234 e. The maximum atomic E-state index is 12.9. The number of nitrogens with zero attached hydrogens (tertiary/aromatic N) is 5. The molecule has 2 N–H and O–H groups in total. The molecular formula is C25H29N7O. The molecule has 0 aliphatic carbocycles. The normalized spacial score (nSPS) is 21.1. The van der Waals surface area contributed by atoms with Gasteiger partial charge in [-0.05, 0) is 50.8 Å². The van der Waals surface area contributed by atoms with Crippen LogP contribution in [0.3, 0.4) is 0 Å². The second kappa shape index (κ2) is 7.79. The molecular weight excluding hydrogens is 414 g/mol. The van der Waals surface area contributed by atoms with Crippen LogP contribution in [-0.2, 0) is 10.2 Å². The number of aryl methyl sites for hydroxylation is 1. The summed E-state index contributed by atoms with van der Waals surface area (Å²) in [6.07, 6.45) is 5.98. The predicted molar refractivity (Wildman–Crippen MR) is 129 cm³/mol. The van der Waals surface area contributed by atoms with Gasteiger partial charge in [0.2, 0.25) is 5.91 Å². The number of aromatic nitrogens is 4. The molecule has 2 unspecified atom stereocenters. The van der Waals surface area contributed by atoms with Crippen molar-refractivity contribution in [1.82, 2.24) is 19.9 Å². The number of hydrogen-bond donors (Lipinski definition) is 2. The Morgan fingerprint density at radius 3 is 2.61 bits per heavy atom. The Morgan fingerprint density at radius 1 is 1.15 bits per heavy atom. The van der Waals surface area contributed by atoms with E-state index in [0.29, 0.717) is 5.92 Å². The van der Waals surface area contributed by atoms with Gasteiger partial charge in [-0.25, -0.2) is 19.9 Å². The van der Waals surface area contributed by atoms with Gasteiger partial charge in [0.05, 0.1) is 11.1 Å². The zero-order valence-electron chi connectivity index (χ0n) is 19.7. The molecule has 2 aliphatic rings. The summed E-state index contributed by atoms with van der Waals surface area (Å²) in [6.45, 7) is 11.1. The smallest absolute Gasteiger partial charge is 0.234 e. The molecule has 0 saturated heterocycles. The number of anilines is 3. The van der Waals surface area contributed by atoms with Crippen molar-refractivity contribution in [1.29, 1.82) is 0 Å². The molecule has 1 amide bonds. The Balaban J connectivity index is 1.57. The van der Waals surface area contributed by atoms with E-state index >= 15 is 0 Å². The molecule has 8 nitrogen and oxygen atoms in total. The molecule has 2 aliphatic heterocycles. The molecule has 0 radical (unpaired) electrons. The fourth-order valence-electron chi connectivity index (χ4n) is 5.08. The third-order valence-corrected chi connectivity index (χ3v) is 6.60. The number of rotatable bonds is 5. The highest BCUT2D eigenvalue weighted by molar-refractivity contribution is 6.06. The highest BCUT2D eigenvalue weighted by atomic mass is 16.2. The number of benzene rings is 1. The van der Waals surface area contributed by atoms with Crippen LogP contribution in [0.25, 0.3) is 11.3 Å². The van der Waals surface area contributed by atoms with Crippen LogP contribution in [0.5, 0.6) is 0 Å². The third-order valence-electron chi connectivity index (χ3n) is 6.60. The molecule has 0 saturated carbocycles. The average Bonchev–Trinajstić information content (AvgIpc) is 3.28. The monoisotopic (exact) mass is 443 g/mol. The van der Waals surface area contributed by atoms with Gasteiger partial charge in [0.1, 0.15) is 24.0 Å². The van der Waals surface area contributed by atoms with Crippen LogP contribution in [0.4, 0.5) is 17.2 Å². The Morgan fingerprint density at radius 2 is 1.91 bits per heavy atom. The van der Waals surface area contributed by atoms with Crippen LogP contribution in [0.2, 0.25) is 0 Å². The van der Waals surface area contributed by atoms with Gasteiger partial charge in [-0.3, -0.25) is 4.79 Å². The summed E-state index contributed by atoms with van der Waals surface area (Å²) < 4.78 is 0. The van der Waals surface area contributed by atoms with E-state index in [2.05, 4.69) is 62.3 Å². The fraction of sp³-hybridized carbons (Fsp3) is 0.400. The lowest BCUT2D eigenvalue weighted by atomic mass is 9.76. The molecule has 33 heavy (non-hydrogen) atoms. The molecule has 0 spiro atoms. The van der Waals surface area contributed by atoms with Crippen molar-refractivity contribution >= 4 is 23.1 Å². The first-order chi connectivity index (χ1) is 15.8. The molecule has 5 rings (SSSR count). The highest BCUT2D eigenvalue weighted by Gasteiger charge is 2.43. The number of nitrogens with one attached hydrogen (secondary N) is 2. The molecule has 1 aromatic carbocycles. The lowest BCUT2D eigenvalue weighted by molar-refractivity contribution is -0.120. The molecule has 4 heterocycles. The Hall–Kier alpha value is -3.55. The van der Waals surface area contributed by atoms with Gasteiger partial charge in [0.15, 0.2) is 5.82 Å². The van der Waals surface area contributed by atoms with E-state index in [-0.39, 0.29) is 12.1 Å². The van der Waals surface area contributed by atoms with Crippen LogP contribution < -0.4 is 15.5 Å². The van der Waals surface area contributed by atoms with Crippen LogP contribution in [-0.4, -0.2) is 32.4 Å². The minimum atomic E-state index is -0.555. The van der Waals surface area contributed by atoms with E-state index in [0.717, 1.165) is 58.4 Å². The minimum absolute atomic E-state index is 0.0611. The molecule has 0 fully saturated rings. The topological polar surface area (TPSA) is 95.9 Å². The molecule has 2 aromatic heterocycles. The van der Waals surface area contributed by atoms with Crippen molar-refractivity contribution < 1.29 is 4.79 Å². The van der Waals surface area contributed by atoms with E-state index in [4.69, 9.17) is 0 Å². The molecule has 170 valence electrons. The number of carbonyl (C=O) groups is 1. The third kappa shape index (κ3) is 3.41. The van der Waals surface area contributed by atoms with Crippen molar-refractivity contribution in [3.63, 3.8) is 0 Å². The summed E-state index contributed by atoms with van der Waals surface area (Å²) in [5.74, 6) is 2.05. The van der Waals surface area contributed by atoms with Crippen molar-refractivity contribution in [2.24, 2.45) is 5.92 Å². The molecule has 3 aromatic rings.